The Bertz CT molecular complexity index is 991. The van der Waals surface area contributed by atoms with Crippen LogP contribution in [-0.2, 0) is 11.3 Å². The first-order chi connectivity index (χ1) is 13.3. The highest BCUT2D eigenvalue weighted by Gasteiger charge is 2.37. The molecule has 0 saturated carbocycles. The number of para-hydroxylation sites is 2. The summed E-state index contributed by atoms with van der Waals surface area (Å²) in [5.41, 5.74) is 3.54. The van der Waals surface area contributed by atoms with Gasteiger partial charge in [-0.15, -0.1) is 0 Å². The summed E-state index contributed by atoms with van der Waals surface area (Å²) in [7, 11) is 0. The van der Waals surface area contributed by atoms with E-state index in [9.17, 15) is 0 Å². The Morgan fingerprint density at radius 2 is 2.15 bits per heavy atom. The van der Waals surface area contributed by atoms with E-state index >= 15 is 0 Å². The van der Waals surface area contributed by atoms with E-state index in [0.29, 0.717) is 18.3 Å². The highest BCUT2D eigenvalue weighted by atomic mass is 16.5. The molecular weight excluding hydrogens is 340 g/mol. The van der Waals surface area contributed by atoms with Gasteiger partial charge in [0.1, 0.15) is 0 Å². The van der Waals surface area contributed by atoms with Crippen LogP contribution in [0, 0.1) is 6.57 Å². The number of imidazole rings is 1. The summed E-state index contributed by atoms with van der Waals surface area (Å²) in [6, 6.07) is 12.3. The Morgan fingerprint density at radius 3 is 2.96 bits per heavy atom. The first kappa shape index (κ1) is 16.2. The zero-order valence-corrected chi connectivity index (χ0v) is 14.9. The van der Waals surface area contributed by atoms with Crippen molar-refractivity contribution in [2.75, 3.05) is 31.1 Å². The molecule has 2 atom stereocenters. The Hall–Kier alpha value is -2.95. The molecule has 4 heterocycles. The molecule has 0 amide bonds. The zero-order chi connectivity index (χ0) is 18.2. The molecule has 7 nitrogen and oxygen atoms in total. The number of morpholine rings is 1. The molecular formula is C20H20N6O. The molecule has 0 aliphatic carbocycles. The van der Waals surface area contributed by atoms with Crippen molar-refractivity contribution in [1.29, 1.82) is 0 Å². The van der Waals surface area contributed by atoms with E-state index in [1.807, 2.05) is 30.3 Å². The van der Waals surface area contributed by atoms with Crippen LogP contribution in [0.1, 0.15) is 5.69 Å². The standard InChI is InChI=1S/C20H20N6O/c1-21-14-6-7-15(23-10-14)11-26-18-5-3-2-4-16(18)24-20(26)25-12-17-19(13-25)27-9-8-22-17/h2-7,10,17,19,22H,8-9,11-13H2/t17-,19-/m1/s1. The summed E-state index contributed by atoms with van der Waals surface area (Å²) >= 11 is 0. The number of hydrogen-bond acceptors (Lipinski definition) is 5. The van der Waals surface area contributed by atoms with Crippen molar-refractivity contribution < 1.29 is 4.74 Å². The Morgan fingerprint density at radius 1 is 1.22 bits per heavy atom. The zero-order valence-electron chi connectivity index (χ0n) is 14.9. The average Bonchev–Trinajstić information content (AvgIpc) is 3.30. The molecule has 2 aromatic heterocycles. The van der Waals surface area contributed by atoms with Gasteiger partial charge in [0.2, 0.25) is 11.6 Å². The number of nitrogens with one attached hydrogen (secondary N) is 1. The second-order valence-corrected chi connectivity index (χ2v) is 6.98. The smallest absolute Gasteiger partial charge is 0.207 e. The third-order valence-electron chi connectivity index (χ3n) is 5.28. The molecule has 0 bridgehead atoms. The van der Waals surface area contributed by atoms with Crippen LogP contribution in [0.3, 0.4) is 0 Å². The first-order valence-electron chi connectivity index (χ1n) is 9.19. The monoisotopic (exact) mass is 360 g/mol. The molecule has 5 rings (SSSR count). The lowest BCUT2D eigenvalue weighted by molar-refractivity contribution is 0.0212. The number of fused-ring (bicyclic) bond motifs is 2. The van der Waals surface area contributed by atoms with Crippen LogP contribution in [0.15, 0.2) is 42.6 Å². The van der Waals surface area contributed by atoms with Crippen molar-refractivity contribution >= 4 is 22.7 Å². The minimum Gasteiger partial charge on any atom is -0.373 e. The topological polar surface area (TPSA) is 59.6 Å². The van der Waals surface area contributed by atoms with Crippen molar-refractivity contribution in [3.05, 3.63) is 59.7 Å². The van der Waals surface area contributed by atoms with Crippen molar-refractivity contribution in [1.82, 2.24) is 19.9 Å². The minimum atomic E-state index is 0.211. The molecule has 0 unspecified atom stereocenters. The van der Waals surface area contributed by atoms with Gasteiger partial charge in [-0.1, -0.05) is 18.2 Å². The van der Waals surface area contributed by atoms with Crippen LogP contribution in [0.4, 0.5) is 11.6 Å². The summed E-state index contributed by atoms with van der Waals surface area (Å²) in [6.07, 6.45) is 1.84. The van der Waals surface area contributed by atoms with Gasteiger partial charge in [0.15, 0.2) is 0 Å². The van der Waals surface area contributed by atoms with E-state index < -0.39 is 0 Å². The number of ether oxygens (including phenoxy) is 1. The van der Waals surface area contributed by atoms with E-state index in [-0.39, 0.29) is 6.10 Å². The summed E-state index contributed by atoms with van der Waals surface area (Å²) in [4.78, 5) is 15.1. The first-order valence-corrected chi connectivity index (χ1v) is 9.19. The van der Waals surface area contributed by atoms with E-state index in [2.05, 4.69) is 30.7 Å². The van der Waals surface area contributed by atoms with E-state index in [0.717, 1.165) is 48.9 Å². The predicted molar refractivity (Wildman–Crippen MR) is 103 cm³/mol. The number of rotatable bonds is 3. The molecule has 0 spiro atoms. The fraction of sp³-hybridized carbons (Fsp3) is 0.350. The van der Waals surface area contributed by atoms with E-state index in [1.54, 1.807) is 6.20 Å². The number of hydrogen-bond donors (Lipinski definition) is 1. The summed E-state index contributed by atoms with van der Waals surface area (Å²) in [5, 5.41) is 3.55. The molecule has 27 heavy (non-hydrogen) atoms. The van der Waals surface area contributed by atoms with Gasteiger partial charge in [-0.25, -0.2) is 9.83 Å². The van der Waals surface area contributed by atoms with Crippen LogP contribution in [0.25, 0.3) is 15.9 Å². The molecule has 1 N–H and O–H groups in total. The Labute approximate surface area is 157 Å². The molecule has 1 aromatic carbocycles. The van der Waals surface area contributed by atoms with E-state index in [4.69, 9.17) is 16.3 Å². The van der Waals surface area contributed by atoms with Gasteiger partial charge < -0.3 is 19.5 Å². The Kier molecular flexibility index (Phi) is 4.00. The van der Waals surface area contributed by atoms with Crippen LogP contribution in [-0.4, -0.2) is 52.9 Å². The summed E-state index contributed by atoms with van der Waals surface area (Å²) < 4.78 is 8.14. The second kappa shape index (κ2) is 6.65. The molecule has 2 aliphatic heterocycles. The number of benzene rings is 1. The third kappa shape index (κ3) is 2.93. The predicted octanol–water partition coefficient (Wildman–Crippen LogP) is 2.21. The Balaban J connectivity index is 1.52. The fourth-order valence-corrected chi connectivity index (χ4v) is 3.96. The lowest BCUT2D eigenvalue weighted by atomic mass is 10.2. The largest absolute Gasteiger partial charge is 0.373 e. The maximum atomic E-state index is 7.09. The number of anilines is 1. The lowest BCUT2D eigenvalue weighted by Crippen LogP contribution is -2.47. The summed E-state index contributed by atoms with van der Waals surface area (Å²) in [5.74, 6) is 0.951. The van der Waals surface area contributed by atoms with Gasteiger partial charge in [-0.05, 0) is 18.2 Å². The molecule has 7 heteroatoms. The van der Waals surface area contributed by atoms with Crippen molar-refractivity contribution in [2.24, 2.45) is 0 Å². The maximum Gasteiger partial charge on any atom is 0.207 e. The van der Waals surface area contributed by atoms with Gasteiger partial charge in [0, 0.05) is 25.8 Å². The minimum absolute atomic E-state index is 0.211. The van der Waals surface area contributed by atoms with Gasteiger partial charge >= 0.3 is 0 Å². The third-order valence-corrected chi connectivity index (χ3v) is 5.28. The fourth-order valence-electron chi connectivity index (χ4n) is 3.96. The second-order valence-electron chi connectivity index (χ2n) is 6.98. The quantitative estimate of drug-likeness (QED) is 0.726. The molecule has 2 fully saturated rings. The number of nitrogens with zero attached hydrogens (tertiary/aromatic N) is 5. The number of pyridine rings is 1. The normalized spacial score (nSPS) is 22.0. The molecule has 3 aromatic rings. The molecule has 0 radical (unpaired) electrons. The summed E-state index contributed by atoms with van der Waals surface area (Å²) in [6.45, 7) is 11.1. The van der Waals surface area contributed by atoms with Crippen LogP contribution >= 0.6 is 0 Å². The molecule has 2 saturated heterocycles. The van der Waals surface area contributed by atoms with E-state index in [1.165, 1.54) is 0 Å². The van der Waals surface area contributed by atoms with Gasteiger partial charge in [-0.3, -0.25) is 4.98 Å². The highest BCUT2D eigenvalue weighted by molar-refractivity contribution is 5.79. The van der Waals surface area contributed by atoms with Crippen LogP contribution < -0.4 is 10.2 Å². The van der Waals surface area contributed by atoms with Gasteiger partial charge in [0.25, 0.3) is 0 Å². The molecule has 2 aliphatic rings. The molecule has 136 valence electrons. The maximum absolute atomic E-state index is 7.09. The van der Waals surface area contributed by atoms with Gasteiger partial charge in [-0.2, -0.15) is 0 Å². The SMILES string of the molecule is [C-]#[N+]c1ccc(Cn2c(N3C[C@H]4NCCO[C@@H]4C3)nc3ccccc32)nc1. The highest BCUT2D eigenvalue weighted by Crippen LogP contribution is 2.28. The van der Waals surface area contributed by atoms with Crippen molar-refractivity contribution in [2.45, 2.75) is 18.7 Å². The van der Waals surface area contributed by atoms with Crippen LogP contribution in [0.5, 0.6) is 0 Å². The van der Waals surface area contributed by atoms with Crippen molar-refractivity contribution in [3.63, 3.8) is 0 Å². The van der Waals surface area contributed by atoms with Crippen LogP contribution in [0.2, 0.25) is 0 Å². The average molecular weight is 360 g/mol. The van der Waals surface area contributed by atoms with Gasteiger partial charge in [0.05, 0.1) is 48.6 Å². The van der Waals surface area contributed by atoms with Crippen molar-refractivity contribution in [3.8, 4) is 0 Å². The number of aromatic nitrogens is 3. The lowest BCUT2D eigenvalue weighted by Gasteiger charge is -2.25.